The summed E-state index contributed by atoms with van der Waals surface area (Å²) in [6, 6.07) is 17.9. The molecule has 0 bridgehead atoms. The molecular formula is C21H19N3O3. The van der Waals surface area contributed by atoms with Gasteiger partial charge >= 0.3 is 5.97 Å². The van der Waals surface area contributed by atoms with Gasteiger partial charge in [0.05, 0.1) is 24.6 Å². The highest BCUT2D eigenvalue weighted by atomic mass is 16.5. The van der Waals surface area contributed by atoms with E-state index in [0.717, 1.165) is 11.3 Å². The second-order valence-corrected chi connectivity index (χ2v) is 5.95. The van der Waals surface area contributed by atoms with Crippen molar-refractivity contribution in [3.63, 3.8) is 0 Å². The lowest BCUT2D eigenvalue weighted by Gasteiger charge is -2.09. The lowest BCUT2D eigenvalue weighted by molar-refractivity contribution is 0.0600. The number of hydrogen-bond acceptors (Lipinski definition) is 5. The van der Waals surface area contributed by atoms with Gasteiger partial charge in [0.15, 0.2) is 0 Å². The summed E-state index contributed by atoms with van der Waals surface area (Å²) in [4.78, 5) is 28.1. The highest BCUT2D eigenvalue weighted by molar-refractivity contribution is 6.03. The van der Waals surface area contributed by atoms with Crippen molar-refractivity contribution in [2.75, 3.05) is 17.7 Å². The molecule has 0 atom stereocenters. The van der Waals surface area contributed by atoms with E-state index >= 15 is 0 Å². The first-order valence-electron chi connectivity index (χ1n) is 8.34. The number of carbonyl (C=O) groups excluding carboxylic acids is 2. The number of esters is 1. The van der Waals surface area contributed by atoms with Crippen molar-refractivity contribution in [1.29, 1.82) is 0 Å². The van der Waals surface area contributed by atoms with Crippen LogP contribution in [-0.2, 0) is 4.74 Å². The van der Waals surface area contributed by atoms with Crippen molar-refractivity contribution in [3.05, 3.63) is 83.7 Å². The monoisotopic (exact) mass is 361 g/mol. The molecule has 3 aromatic rings. The molecule has 0 saturated carbocycles. The molecule has 0 spiro atoms. The van der Waals surface area contributed by atoms with Crippen molar-refractivity contribution in [3.8, 4) is 0 Å². The minimum absolute atomic E-state index is 0.280. The molecular weight excluding hydrogens is 342 g/mol. The Labute approximate surface area is 157 Å². The van der Waals surface area contributed by atoms with Crippen molar-refractivity contribution in [1.82, 2.24) is 4.98 Å². The number of carbonyl (C=O) groups is 2. The number of anilines is 3. The van der Waals surface area contributed by atoms with Gasteiger partial charge in [-0.25, -0.2) is 9.78 Å². The van der Waals surface area contributed by atoms with Crippen LogP contribution in [0.5, 0.6) is 0 Å². The number of aromatic nitrogens is 1. The SMILES string of the molecule is COC(=O)c1cccc(Nc2ccc(C(=O)Nc3ccc(C)cc3)nc2)c1. The van der Waals surface area contributed by atoms with Crippen LogP contribution in [0.3, 0.4) is 0 Å². The van der Waals surface area contributed by atoms with Crippen molar-refractivity contribution in [2.24, 2.45) is 0 Å². The van der Waals surface area contributed by atoms with E-state index in [9.17, 15) is 9.59 Å². The number of benzene rings is 2. The zero-order chi connectivity index (χ0) is 19.2. The van der Waals surface area contributed by atoms with E-state index in [-0.39, 0.29) is 5.91 Å². The van der Waals surface area contributed by atoms with Crippen molar-refractivity contribution < 1.29 is 14.3 Å². The second-order valence-electron chi connectivity index (χ2n) is 5.95. The Hall–Kier alpha value is -3.67. The average Bonchev–Trinajstić information content (AvgIpc) is 2.70. The summed E-state index contributed by atoms with van der Waals surface area (Å²) in [5.74, 6) is -0.682. The number of rotatable bonds is 5. The smallest absolute Gasteiger partial charge is 0.337 e. The molecule has 1 amide bonds. The fourth-order valence-electron chi connectivity index (χ4n) is 2.44. The minimum Gasteiger partial charge on any atom is -0.465 e. The highest BCUT2D eigenvalue weighted by Crippen LogP contribution is 2.18. The van der Waals surface area contributed by atoms with Gasteiger partial charge in [0.2, 0.25) is 0 Å². The number of amides is 1. The number of methoxy groups -OCH3 is 1. The Kier molecular flexibility index (Phi) is 5.47. The maximum absolute atomic E-state index is 12.3. The summed E-state index contributed by atoms with van der Waals surface area (Å²) < 4.78 is 4.72. The first-order chi connectivity index (χ1) is 13.0. The van der Waals surface area contributed by atoms with Gasteiger partial charge < -0.3 is 15.4 Å². The third-order valence-corrected chi connectivity index (χ3v) is 3.88. The van der Waals surface area contributed by atoms with Gasteiger partial charge in [0.1, 0.15) is 5.69 Å². The van der Waals surface area contributed by atoms with Crippen molar-refractivity contribution >= 4 is 28.9 Å². The number of aryl methyl sites for hydroxylation is 1. The van der Waals surface area contributed by atoms with E-state index in [4.69, 9.17) is 4.74 Å². The average molecular weight is 361 g/mol. The highest BCUT2D eigenvalue weighted by Gasteiger charge is 2.09. The minimum atomic E-state index is -0.403. The summed E-state index contributed by atoms with van der Waals surface area (Å²) in [7, 11) is 1.34. The lowest BCUT2D eigenvalue weighted by Crippen LogP contribution is -2.13. The van der Waals surface area contributed by atoms with Gasteiger partial charge in [-0.1, -0.05) is 23.8 Å². The number of hydrogen-bond donors (Lipinski definition) is 2. The third-order valence-electron chi connectivity index (χ3n) is 3.88. The van der Waals surface area contributed by atoms with Gasteiger partial charge in [0, 0.05) is 11.4 Å². The van der Waals surface area contributed by atoms with Crippen LogP contribution in [0.1, 0.15) is 26.4 Å². The van der Waals surface area contributed by atoms with Crippen LogP contribution >= 0.6 is 0 Å². The van der Waals surface area contributed by atoms with Gasteiger partial charge in [-0.3, -0.25) is 4.79 Å². The lowest BCUT2D eigenvalue weighted by atomic mass is 10.2. The maximum Gasteiger partial charge on any atom is 0.337 e. The van der Waals surface area contributed by atoms with Crippen LogP contribution in [0, 0.1) is 6.92 Å². The van der Waals surface area contributed by atoms with Crippen LogP contribution in [0.25, 0.3) is 0 Å². The Morgan fingerprint density at radius 1 is 0.926 bits per heavy atom. The van der Waals surface area contributed by atoms with Gasteiger partial charge in [0.25, 0.3) is 5.91 Å². The number of ether oxygens (including phenoxy) is 1. The number of pyridine rings is 1. The Bertz CT molecular complexity index is 951. The molecule has 0 aliphatic carbocycles. The largest absolute Gasteiger partial charge is 0.465 e. The summed E-state index contributed by atoms with van der Waals surface area (Å²) in [6.07, 6.45) is 1.56. The molecule has 1 heterocycles. The predicted octanol–water partition coefficient (Wildman–Crippen LogP) is 4.17. The molecule has 136 valence electrons. The van der Waals surface area contributed by atoms with Gasteiger partial charge in [-0.2, -0.15) is 0 Å². The molecule has 0 saturated heterocycles. The summed E-state index contributed by atoms with van der Waals surface area (Å²) >= 11 is 0. The van der Waals surface area contributed by atoms with E-state index in [1.54, 1.807) is 36.5 Å². The molecule has 2 N–H and O–H groups in total. The second kappa shape index (κ2) is 8.14. The normalized spacial score (nSPS) is 10.1. The zero-order valence-corrected chi connectivity index (χ0v) is 15.0. The summed E-state index contributed by atoms with van der Waals surface area (Å²) in [6.45, 7) is 1.99. The predicted molar refractivity (Wildman–Crippen MR) is 104 cm³/mol. The quantitative estimate of drug-likeness (QED) is 0.667. The Balaban J connectivity index is 1.67. The molecule has 0 fully saturated rings. The first-order valence-corrected chi connectivity index (χ1v) is 8.34. The fourth-order valence-corrected chi connectivity index (χ4v) is 2.44. The molecule has 0 aliphatic rings. The summed E-state index contributed by atoms with van der Waals surface area (Å²) in [5, 5.41) is 5.95. The van der Waals surface area contributed by atoms with E-state index in [1.165, 1.54) is 7.11 Å². The molecule has 0 unspecified atom stereocenters. The fraction of sp³-hybridized carbons (Fsp3) is 0.0952. The van der Waals surface area contributed by atoms with E-state index in [1.807, 2.05) is 37.3 Å². The number of nitrogens with zero attached hydrogens (tertiary/aromatic N) is 1. The Morgan fingerprint density at radius 2 is 1.67 bits per heavy atom. The molecule has 27 heavy (non-hydrogen) atoms. The molecule has 6 heteroatoms. The third kappa shape index (κ3) is 4.70. The maximum atomic E-state index is 12.3. The van der Waals surface area contributed by atoms with Gasteiger partial charge in [-0.15, -0.1) is 0 Å². The van der Waals surface area contributed by atoms with Crippen LogP contribution in [0.4, 0.5) is 17.1 Å². The van der Waals surface area contributed by atoms with Crippen LogP contribution in [0.15, 0.2) is 66.9 Å². The van der Waals surface area contributed by atoms with E-state index in [2.05, 4.69) is 15.6 Å². The topological polar surface area (TPSA) is 80.3 Å². The molecule has 0 radical (unpaired) electrons. The first kappa shape index (κ1) is 18.1. The molecule has 3 rings (SSSR count). The van der Waals surface area contributed by atoms with Crippen molar-refractivity contribution in [2.45, 2.75) is 6.92 Å². The van der Waals surface area contributed by atoms with E-state index < -0.39 is 5.97 Å². The van der Waals surface area contributed by atoms with Gasteiger partial charge in [-0.05, 0) is 49.4 Å². The molecule has 2 aromatic carbocycles. The number of nitrogens with one attached hydrogen (secondary N) is 2. The molecule has 0 aliphatic heterocycles. The standard InChI is InChI=1S/C21H19N3O3/c1-14-6-8-16(9-7-14)24-20(25)19-11-10-18(13-22-19)23-17-5-3-4-15(12-17)21(26)27-2/h3-13,23H,1-2H3,(H,24,25). The molecule has 1 aromatic heterocycles. The van der Waals surface area contributed by atoms with Crippen LogP contribution in [-0.4, -0.2) is 24.0 Å². The van der Waals surface area contributed by atoms with E-state index in [0.29, 0.717) is 22.6 Å². The van der Waals surface area contributed by atoms with Crippen LogP contribution < -0.4 is 10.6 Å². The Morgan fingerprint density at radius 3 is 2.33 bits per heavy atom. The molecule has 6 nitrogen and oxygen atoms in total. The summed E-state index contributed by atoms with van der Waals surface area (Å²) in [5.41, 5.74) is 4.02. The van der Waals surface area contributed by atoms with Crippen LogP contribution in [0.2, 0.25) is 0 Å². The zero-order valence-electron chi connectivity index (χ0n) is 15.0.